The zero-order valence-corrected chi connectivity index (χ0v) is 19.6. The van der Waals surface area contributed by atoms with Gasteiger partial charge in [0.25, 0.3) is 0 Å². The van der Waals surface area contributed by atoms with Gasteiger partial charge in [-0.2, -0.15) is 4.37 Å². The summed E-state index contributed by atoms with van der Waals surface area (Å²) in [6.45, 7) is 4.33. The summed E-state index contributed by atoms with van der Waals surface area (Å²) in [5, 5.41) is 0.873. The molecule has 0 amide bonds. The number of carbonyl (C=O) groups is 1. The molecule has 2 aromatic carbocycles. The Morgan fingerprint density at radius 1 is 1.37 bits per heavy atom. The van der Waals surface area contributed by atoms with Crippen molar-refractivity contribution in [2.24, 2.45) is 0 Å². The second-order valence-electron chi connectivity index (χ2n) is 7.63. The van der Waals surface area contributed by atoms with E-state index in [0.29, 0.717) is 24.2 Å². The number of hydrogen-bond donors (Lipinski definition) is 0. The standard InChI is InChI=1S/C22H21FINO4S/c1-22(2)28-11-15(29-22)10-27-12-20(26)16-5-6-21-18(9-25-30-21)17(16)7-13-3-4-14(24)8-19(13)23/h3-6,8-9,15H,7,10-12H2,1-2H3/t15-/m0/s1. The number of nitrogens with zero attached hydrogens (tertiary/aromatic N) is 1. The molecule has 30 heavy (non-hydrogen) atoms. The third-order valence-electron chi connectivity index (χ3n) is 4.94. The summed E-state index contributed by atoms with van der Waals surface area (Å²) in [5.41, 5.74) is 1.85. The van der Waals surface area contributed by atoms with Crippen molar-refractivity contribution in [3.05, 3.63) is 62.6 Å². The maximum absolute atomic E-state index is 14.5. The van der Waals surface area contributed by atoms with Crippen molar-refractivity contribution in [3.8, 4) is 0 Å². The minimum atomic E-state index is -0.625. The quantitative estimate of drug-likeness (QED) is 0.312. The van der Waals surface area contributed by atoms with Crippen LogP contribution in [0.3, 0.4) is 0 Å². The molecule has 0 aliphatic carbocycles. The van der Waals surface area contributed by atoms with Gasteiger partial charge >= 0.3 is 0 Å². The van der Waals surface area contributed by atoms with Crippen molar-refractivity contribution in [1.29, 1.82) is 0 Å². The molecule has 1 atom stereocenters. The third-order valence-corrected chi connectivity index (χ3v) is 6.37. The van der Waals surface area contributed by atoms with E-state index in [4.69, 9.17) is 14.2 Å². The van der Waals surface area contributed by atoms with Crippen LogP contribution in [0.25, 0.3) is 10.1 Å². The number of hydrogen-bond acceptors (Lipinski definition) is 6. The molecule has 1 saturated heterocycles. The second kappa shape index (κ2) is 8.96. The third kappa shape index (κ3) is 4.88. The van der Waals surface area contributed by atoms with Gasteiger partial charge < -0.3 is 14.2 Å². The van der Waals surface area contributed by atoms with Gasteiger partial charge in [-0.25, -0.2) is 4.39 Å². The fourth-order valence-corrected chi connectivity index (χ4v) is 4.64. The highest BCUT2D eigenvalue weighted by Gasteiger charge is 2.32. The lowest BCUT2D eigenvalue weighted by molar-refractivity contribution is -0.144. The van der Waals surface area contributed by atoms with Gasteiger partial charge in [-0.3, -0.25) is 4.79 Å². The summed E-state index contributed by atoms with van der Waals surface area (Å²) in [5.74, 6) is -1.06. The minimum Gasteiger partial charge on any atom is -0.371 e. The Labute approximate surface area is 191 Å². The Bertz CT molecular complexity index is 1080. The smallest absolute Gasteiger partial charge is 0.188 e. The molecule has 0 unspecified atom stereocenters. The van der Waals surface area contributed by atoms with Crippen LogP contribution in [0, 0.1) is 9.39 Å². The first-order chi connectivity index (χ1) is 14.3. The van der Waals surface area contributed by atoms with E-state index in [1.807, 2.05) is 26.0 Å². The Balaban J connectivity index is 1.53. The Hall–Kier alpha value is -1.46. The predicted octanol–water partition coefficient (Wildman–Crippen LogP) is 4.98. The highest BCUT2D eigenvalue weighted by Crippen LogP contribution is 2.29. The van der Waals surface area contributed by atoms with Gasteiger partial charge in [-0.1, -0.05) is 6.07 Å². The van der Waals surface area contributed by atoms with Crippen LogP contribution in [0.1, 0.15) is 35.3 Å². The molecule has 158 valence electrons. The average molecular weight is 541 g/mol. The average Bonchev–Trinajstić information content (AvgIpc) is 3.30. The molecule has 0 spiro atoms. The summed E-state index contributed by atoms with van der Waals surface area (Å²) < 4.78 is 37.4. The molecular weight excluding hydrogens is 520 g/mol. The van der Waals surface area contributed by atoms with Gasteiger partial charge in [0.15, 0.2) is 11.6 Å². The Kier molecular flexibility index (Phi) is 6.50. The van der Waals surface area contributed by atoms with Crippen LogP contribution in [0.15, 0.2) is 36.5 Å². The van der Waals surface area contributed by atoms with E-state index >= 15 is 0 Å². The minimum absolute atomic E-state index is 0.0778. The number of carbonyl (C=O) groups excluding carboxylic acids is 1. The molecular formula is C22H21FINO4S. The van der Waals surface area contributed by atoms with Crippen LogP contribution in [0.4, 0.5) is 4.39 Å². The number of halogens is 2. The summed E-state index contributed by atoms with van der Waals surface area (Å²) in [4.78, 5) is 13.0. The highest BCUT2D eigenvalue weighted by atomic mass is 127. The van der Waals surface area contributed by atoms with Crippen LogP contribution in [-0.4, -0.2) is 41.9 Å². The molecule has 1 fully saturated rings. The van der Waals surface area contributed by atoms with Gasteiger partial charge in [0, 0.05) is 27.1 Å². The first-order valence-corrected chi connectivity index (χ1v) is 11.4. The van der Waals surface area contributed by atoms with E-state index in [1.165, 1.54) is 17.6 Å². The molecule has 1 aliphatic heterocycles. The number of Topliss-reactive ketones (excluding diaryl/α,β-unsaturated/α-hetero) is 1. The highest BCUT2D eigenvalue weighted by molar-refractivity contribution is 14.1. The first-order valence-electron chi connectivity index (χ1n) is 9.55. The normalized spacial score (nSPS) is 18.2. The van der Waals surface area contributed by atoms with E-state index in [9.17, 15) is 9.18 Å². The van der Waals surface area contributed by atoms with Gasteiger partial charge in [0.2, 0.25) is 0 Å². The molecule has 1 aromatic heterocycles. The summed E-state index contributed by atoms with van der Waals surface area (Å²) in [7, 11) is 0. The number of ketones is 1. The molecule has 0 saturated carbocycles. The van der Waals surface area contributed by atoms with Crippen LogP contribution in [0.5, 0.6) is 0 Å². The molecule has 4 rings (SSSR count). The Morgan fingerprint density at radius 2 is 2.20 bits per heavy atom. The van der Waals surface area contributed by atoms with Crippen LogP contribution in [-0.2, 0) is 20.6 Å². The van der Waals surface area contributed by atoms with E-state index in [-0.39, 0.29) is 30.9 Å². The maximum Gasteiger partial charge on any atom is 0.188 e. The van der Waals surface area contributed by atoms with E-state index in [1.54, 1.807) is 18.3 Å². The van der Waals surface area contributed by atoms with Gasteiger partial charge in [0.1, 0.15) is 18.5 Å². The number of fused-ring (bicyclic) bond motifs is 1. The largest absolute Gasteiger partial charge is 0.371 e. The molecule has 8 heteroatoms. The zero-order valence-electron chi connectivity index (χ0n) is 16.6. The maximum atomic E-state index is 14.5. The van der Waals surface area contributed by atoms with Crippen molar-refractivity contribution >= 4 is 50.0 Å². The molecule has 5 nitrogen and oxygen atoms in total. The van der Waals surface area contributed by atoms with Crippen molar-refractivity contribution < 1.29 is 23.4 Å². The lowest BCUT2D eigenvalue weighted by Gasteiger charge is -2.17. The SMILES string of the molecule is CC1(C)OC[C@H](COCC(=O)c2ccc3sncc3c2Cc2ccc(I)cc2F)O1. The zero-order chi connectivity index (χ0) is 21.3. The number of rotatable bonds is 7. The van der Waals surface area contributed by atoms with Gasteiger partial charge in [0.05, 0.1) is 17.9 Å². The fourth-order valence-electron chi connectivity index (χ4n) is 3.51. The van der Waals surface area contributed by atoms with E-state index in [2.05, 4.69) is 27.0 Å². The predicted molar refractivity (Wildman–Crippen MR) is 122 cm³/mol. The molecule has 2 heterocycles. The summed E-state index contributed by atoms with van der Waals surface area (Å²) in [6.07, 6.45) is 1.85. The van der Waals surface area contributed by atoms with E-state index < -0.39 is 5.79 Å². The van der Waals surface area contributed by atoms with Crippen LogP contribution >= 0.6 is 34.1 Å². The van der Waals surface area contributed by atoms with Crippen LogP contribution < -0.4 is 0 Å². The van der Waals surface area contributed by atoms with Crippen molar-refractivity contribution in [2.75, 3.05) is 19.8 Å². The second-order valence-corrected chi connectivity index (χ2v) is 9.71. The van der Waals surface area contributed by atoms with E-state index in [0.717, 1.165) is 19.2 Å². The number of aromatic nitrogens is 1. The van der Waals surface area contributed by atoms with Crippen molar-refractivity contribution in [3.63, 3.8) is 0 Å². The first kappa shape index (κ1) is 21.8. The molecule has 0 radical (unpaired) electrons. The van der Waals surface area contributed by atoms with Gasteiger partial charge in [-0.05, 0) is 83.4 Å². The van der Waals surface area contributed by atoms with Crippen LogP contribution in [0.2, 0.25) is 0 Å². The van der Waals surface area contributed by atoms with Crippen molar-refractivity contribution in [2.45, 2.75) is 32.2 Å². The molecule has 1 aliphatic rings. The lowest BCUT2D eigenvalue weighted by Crippen LogP contribution is -2.25. The molecule has 3 aromatic rings. The molecule has 0 bridgehead atoms. The number of ether oxygens (including phenoxy) is 3. The lowest BCUT2D eigenvalue weighted by atomic mass is 9.94. The summed E-state index contributed by atoms with van der Waals surface area (Å²) >= 11 is 3.43. The van der Waals surface area contributed by atoms with Crippen molar-refractivity contribution in [1.82, 2.24) is 4.37 Å². The Morgan fingerprint density at radius 3 is 2.93 bits per heavy atom. The number of benzene rings is 2. The van der Waals surface area contributed by atoms with Gasteiger partial charge in [-0.15, -0.1) is 0 Å². The monoisotopic (exact) mass is 541 g/mol. The topological polar surface area (TPSA) is 57.7 Å². The summed E-state index contributed by atoms with van der Waals surface area (Å²) in [6, 6.07) is 8.78. The molecule has 0 N–H and O–H groups in total. The fraction of sp³-hybridized carbons (Fsp3) is 0.364.